The van der Waals surface area contributed by atoms with E-state index in [1.54, 1.807) is 42.5 Å². The van der Waals surface area contributed by atoms with Crippen molar-refractivity contribution in [3.63, 3.8) is 0 Å². The first-order valence-corrected chi connectivity index (χ1v) is 15.4. The van der Waals surface area contributed by atoms with Gasteiger partial charge in [-0.1, -0.05) is 0 Å². The average molecular weight is 666 g/mol. The highest BCUT2D eigenvalue weighted by Crippen LogP contribution is 2.26. The Labute approximate surface area is 279 Å². The molecular formula is C35H29F2N7O3S. The van der Waals surface area contributed by atoms with Gasteiger partial charge in [-0.15, -0.1) is 11.3 Å². The van der Waals surface area contributed by atoms with E-state index in [1.165, 1.54) is 66.8 Å². The molecule has 242 valence electrons. The molecular weight excluding hydrogens is 636 g/mol. The van der Waals surface area contributed by atoms with Crippen molar-refractivity contribution in [1.29, 1.82) is 0 Å². The number of nitrogens with zero attached hydrogens (tertiary/aromatic N) is 7. The topological polar surface area (TPSA) is 124 Å². The van der Waals surface area contributed by atoms with E-state index in [0.717, 1.165) is 16.3 Å². The molecule has 0 amide bonds. The highest BCUT2D eigenvalue weighted by atomic mass is 32.1. The molecule has 0 saturated carbocycles. The fourth-order valence-electron chi connectivity index (χ4n) is 4.52. The van der Waals surface area contributed by atoms with E-state index in [0.29, 0.717) is 39.7 Å². The fraction of sp³-hybridized carbons (Fsp3) is 0.143. The summed E-state index contributed by atoms with van der Waals surface area (Å²) in [5.41, 5.74) is 4.21. The van der Waals surface area contributed by atoms with Gasteiger partial charge in [0.2, 0.25) is 0 Å². The molecule has 0 aliphatic carbocycles. The number of carbonyl (C=O) groups excluding carboxylic acids is 2. The summed E-state index contributed by atoms with van der Waals surface area (Å²) in [6, 6.07) is 12.0. The quantitative estimate of drug-likeness (QED) is 0.140. The number of benzene rings is 2. The Morgan fingerprint density at radius 1 is 0.771 bits per heavy atom. The predicted molar refractivity (Wildman–Crippen MR) is 177 cm³/mol. The van der Waals surface area contributed by atoms with E-state index in [9.17, 15) is 18.4 Å². The first-order valence-electron chi connectivity index (χ1n) is 14.5. The molecule has 48 heavy (non-hydrogen) atoms. The van der Waals surface area contributed by atoms with Crippen molar-refractivity contribution in [1.82, 2.24) is 29.9 Å². The molecule has 0 N–H and O–H groups in total. The molecule has 0 aliphatic rings. The molecule has 10 nitrogen and oxygen atoms in total. The number of hydrogen-bond acceptors (Lipinski definition) is 11. The molecule has 4 aromatic heterocycles. The van der Waals surface area contributed by atoms with Gasteiger partial charge in [0, 0.05) is 41.1 Å². The van der Waals surface area contributed by atoms with Gasteiger partial charge in [0.15, 0.2) is 17.3 Å². The normalized spacial score (nSPS) is 10.5. The third-order valence-corrected chi connectivity index (χ3v) is 7.74. The van der Waals surface area contributed by atoms with E-state index >= 15 is 0 Å². The Kier molecular flexibility index (Phi) is 10.9. The lowest BCUT2D eigenvalue weighted by atomic mass is 10.0. The number of ketones is 2. The van der Waals surface area contributed by atoms with Crippen LogP contribution in [0.25, 0.3) is 0 Å². The zero-order valence-corrected chi connectivity index (χ0v) is 27.0. The van der Waals surface area contributed by atoms with E-state index in [-0.39, 0.29) is 24.4 Å². The predicted octanol–water partition coefficient (Wildman–Crippen LogP) is 7.11. The van der Waals surface area contributed by atoms with Crippen molar-refractivity contribution in [2.75, 3.05) is 11.9 Å². The Morgan fingerprint density at radius 3 is 2.15 bits per heavy atom. The van der Waals surface area contributed by atoms with Crippen LogP contribution in [0.1, 0.15) is 42.7 Å². The fourth-order valence-corrected chi connectivity index (χ4v) is 5.29. The number of anilines is 2. The van der Waals surface area contributed by atoms with Crippen LogP contribution >= 0.6 is 11.3 Å². The van der Waals surface area contributed by atoms with Gasteiger partial charge in [0.25, 0.3) is 0 Å². The van der Waals surface area contributed by atoms with Crippen LogP contribution in [0.5, 0.6) is 11.5 Å². The van der Waals surface area contributed by atoms with Gasteiger partial charge in [-0.05, 0) is 67.9 Å². The number of halogens is 2. The lowest BCUT2D eigenvalue weighted by Gasteiger charge is -2.19. The van der Waals surface area contributed by atoms with Crippen molar-refractivity contribution in [2.45, 2.75) is 26.7 Å². The van der Waals surface area contributed by atoms with Crippen molar-refractivity contribution in [3.05, 3.63) is 142 Å². The highest BCUT2D eigenvalue weighted by molar-refractivity contribution is 7.09. The summed E-state index contributed by atoms with van der Waals surface area (Å²) in [6.07, 6.45) is 10.7. The van der Waals surface area contributed by atoms with Crippen molar-refractivity contribution in [2.24, 2.45) is 0 Å². The maximum atomic E-state index is 14.0. The van der Waals surface area contributed by atoms with Crippen LogP contribution in [-0.4, -0.2) is 48.5 Å². The number of Topliss-reactive ketones (excluding diaryl/α,β-unsaturated/α-hetero) is 2. The van der Waals surface area contributed by atoms with Gasteiger partial charge in [-0.25, -0.2) is 33.7 Å². The summed E-state index contributed by atoms with van der Waals surface area (Å²) in [5, 5.41) is 2.62. The summed E-state index contributed by atoms with van der Waals surface area (Å²) in [5.74, 6) is -0.206. The van der Waals surface area contributed by atoms with E-state index in [2.05, 4.69) is 29.9 Å². The molecule has 0 unspecified atom stereocenters. The SMILES string of the molecule is Cc1cc(Oc2cncnc2)cc(C(=O)Cc2cc(F)ccn2)c1.Cc1csc(CC(=O)c2cc(F)cc(N(C)c3cncnc3)c2)n1. The Morgan fingerprint density at radius 2 is 1.46 bits per heavy atom. The molecule has 13 heteroatoms. The smallest absolute Gasteiger partial charge is 0.169 e. The lowest BCUT2D eigenvalue weighted by molar-refractivity contribution is 0.0984. The van der Waals surface area contributed by atoms with E-state index < -0.39 is 11.6 Å². The van der Waals surface area contributed by atoms with Crippen LogP contribution < -0.4 is 9.64 Å². The maximum Gasteiger partial charge on any atom is 0.169 e. The van der Waals surface area contributed by atoms with Crippen LogP contribution in [0.3, 0.4) is 0 Å². The largest absolute Gasteiger partial charge is 0.454 e. The first-order chi connectivity index (χ1) is 23.1. The van der Waals surface area contributed by atoms with Gasteiger partial charge in [0.05, 0.1) is 49.0 Å². The monoisotopic (exact) mass is 665 g/mol. The van der Waals surface area contributed by atoms with E-state index in [1.807, 2.05) is 25.3 Å². The minimum absolute atomic E-state index is 0.0229. The second-order valence-corrected chi connectivity index (χ2v) is 11.6. The number of pyridine rings is 1. The molecule has 0 bridgehead atoms. The standard InChI is InChI=1S/C18H14FN3O2.C17H15FN4OS/c1-12-4-13(18(23)8-15-7-14(19)2-3-22-15)6-16(5-12)24-17-9-20-11-21-10-17;1-11-9-24-17(21-11)6-16(23)12-3-13(18)5-14(4-12)22(2)15-7-19-10-20-8-15/h2-7,9-11H,8H2,1H3;3-5,7-10H,6H2,1-2H3. The highest BCUT2D eigenvalue weighted by Gasteiger charge is 2.15. The second kappa shape index (κ2) is 15.6. The molecule has 0 fully saturated rings. The molecule has 2 aromatic carbocycles. The molecule has 0 saturated heterocycles. The first kappa shape index (κ1) is 33.5. The van der Waals surface area contributed by atoms with Gasteiger partial charge < -0.3 is 9.64 Å². The number of hydrogen-bond donors (Lipinski definition) is 0. The zero-order chi connectivity index (χ0) is 34.0. The minimum atomic E-state index is -0.463. The number of carbonyl (C=O) groups is 2. The zero-order valence-electron chi connectivity index (χ0n) is 26.2. The van der Waals surface area contributed by atoms with Gasteiger partial charge in [0.1, 0.15) is 35.0 Å². The van der Waals surface area contributed by atoms with E-state index in [4.69, 9.17) is 4.74 Å². The number of rotatable bonds is 10. The van der Waals surface area contributed by atoms with Crippen LogP contribution in [-0.2, 0) is 12.8 Å². The summed E-state index contributed by atoms with van der Waals surface area (Å²) >= 11 is 1.43. The van der Waals surface area contributed by atoms with Crippen molar-refractivity contribution < 1.29 is 23.1 Å². The minimum Gasteiger partial charge on any atom is -0.454 e. The number of ether oxygens (including phenoxy) is 1. The number of aromatic nitrogens is 6. The van der Waals surface area contributed by atoms with Crippen LogP contribution in [0.2, 0.25) is 0 Å². The van der Waals surface area contributed by atoms with Crippen LogP contribution in [0.4, 0.5) is 20.2 Å². The molecule has 0 aliphatic heterocycles. The summed E-state index contributed by atoms with van der Waals surface area (Å²) < 4.78 is 32.9. The van der Waals surface area contributed by atoms with Crippen LogP contribution in [0.15, 0.2) is 97.5 Å². The number of thiazole rings is 1. The van der Waals surface area contributed by atoms with Gasteiger partial charge in [-0.3, -0.25) is 14.6 Å². The molecule has 0 spiro atoms. The molecule has 4 heterocycles. The van der Waals surface area contributed by atoms with Crippen molar-refractivity contribution in [3.8, 4) is 11.5 Å². The molecule has 0 radical (unpaired) electrons. The van der Waals surface area contributed by atoms with Crippen molar-refractivity contribution >= 4 is 34.3 Å². The summed E-state index contributed by atoms with van der Waals surface area (Å²) in [6.45, 7) is 3.74. The third-order valence-electron chi connectivity index (χ3n) is 6.77. The Hall–Kier alpha value is -5.82. The number of aryl methyl sites for hydroxylation is 2. The Balaban J connectivity index is 0.000000188. The van der Waals surface area contributed by atoms with Gasteiger partial charge in [-0.2, -0.15) is 0 Å². The summed E-state index contributed by atoms with van der Waals surface area (Å²) in [7, 11) is 1.77. The molecule has 6 aromatic rings. The molecule has 0 atom stereocenters. The third kappa shape index (κ3) is 9.36. The van der Waals surface area contributed by atoms with Crippen LogP contribution in [0, 0.1) is 25.5 Å². The van der Waals surface area contributed by atoms with Gasteiger partial charge >= 0.3 is 0 Å². The molecule has 6 rings (SSSR count). The second-order valence-electron chi connectivity index (χ2n) is 10.6. The lowest BCUT2D eigenvalue weighted by Crippen LogP contribution is -2.12. The Bertz CT molecular complexity index is 2030. The average Bonchev–Trinajstić information content (AvgIpc) is 3.49. The maximum absolute atomic E-state index is 14.0. The summed E-state index contributed by atoms with van der Waals surface area (Å²) in [4.78, 5) is 50.6.